The highest BCUT2D eigenvalue weighted by Gasteiger charge is 2.23. The van der Waals surface area contributed by atoms with Crippen molar-refractivity contribution in [3.63, 3.8) is 0 Å². The number of carbonyl (C=O) groups excluding carboxylic acids is 1. The second-order valence-electron chi connectivity index (χ2n) is 5.69. The molecule has 5 nitrogen and oxygen atoms in total. The molecule has 1 amide bonds. The van der Waals surface area contributed by atoms with Crippen LogP contribution in [0.4, 0.5) is 0 Å². The van der Waals surface area contributed by atoms with E-state index < -0.39 is 5.97 Å². The first-order chi connectivity index (χ1) is 9.59. The fraction of sp³-hybridized carbons (Fsp3) is 0.867. The highest BCUT2D eigenvalue weighted by molar-refractivity contribution is 5.76. The van der Waals surface area contributed by atoms with Crippen molar-refractivity contribution in [1.82, 2.24) is 5.32 Å². The van der Waals surface area contributed by atoms with Crippen LogP contribution in [0.2, 0.25) is 0 Å². The van der Waals surface area contributed by atoms with Gasteiger partial charge < -0.3 is 15.5 Å². The van der Waals surface area contributed by atoms with Crippen molar-refractivity contribution in [2.45, 2.75) is 82.8 Å². The van der Waals surface area contributed by atoms with Gasteiger partial charge in [-0.15, -0.1) is 0 Å². The first-order valence-corrected chi connectivity index (χ1v) is 7.79. The Hall–Kier alpha value is -1.10. The summed E-state index contributed by atoms with van der Waals surface area (Å²) in [6.45, 7) is 0. The largest absolute Gasteiger partial charge is 0.481 e. The number of hydrogen-bond acceptors (Lipinski definition) is 3. The molecule has 0 bridgehead atoms. The second kappa shape index (κ2) is 9.75. The summed E-state index contributed by atoms with van der Waals surface area (Å²) in [5.41, 5.74) is 0. The quantitative estimate of drug-likeness (QED) is 0.567. The van der Waals surface area contributed by atoms with Crippen LogP contribution in [0.3, 0.4) is 0 Å². The molecular formula is C15H27NO4. The molecule has 0 aliphatic heterocycles. The van der Waals surface area contributed by atoms with Crippen molar-refractivity contribution >= 4 is 11.9 Å². The lowest BCUT2D eigenvalue weighted by Gasteiger charge is -2.28. The highest BCUT2D eigenvalue weighted by atomic mass is 16.4. The number of rotatable bonds is 9. The molecule has 0 spiro atoms. The summed E-state index contributed by atoms with van der Waals surface area (Å²) in [4.78, 5) is 22.1. The van der Waals surface area contributed by atoms with Crippen molar-refractivity contribution in [2.75, 3.05) is 0 Å². The molecule has 1 saturated carbocycles. The summed E-state index contributed by atoms with van der Waals surface area (Å²) in [6.07, 6.45) is 8.54. The number of nitrogens with one attached hydrogen (secondary N) is 1. The van der Waals surface area contributed by atoms with Gasteiger partial charge in [-0.1, -0.05) is 32.1 Å². The second-order valence-corrected chi connectivity index (χ2v) is 5.69. The zero-order chi connectivity index (χ0) is 14.8. The molecule has 1 rings (SSSR count). The van der Waals surface area contributed by atoms with Crippen molar-refractivity contribution in [2.24, 2.45) is 0 Å². The van der Waals surface area contributed by atoms with Crippen LogP contribution in [0, 0.1) is 0 Å². The maximum atomic E-state index is 11.7. The molecule has 0 aromatic heterocycles. The lowest BCUT2D eigenvalue weighted by molar-refractivity contribution is -0.137. The van der Waals surface area contributed by atoms with E-state index in [1.165, 1.54) is 0 Å². The molecule has 0 saturated heterocycles. The maximum absolute atomic E-state index is 11.7. The Morgan fingerprint density at radius 2 is 1.55 bits per heavy atom. The monoisotopic (exact) mass is 285 g/mol. The lowest BCUT2D eigenvalue weighted by atomic mass is 9.92. The number of hydrogen-bond donors (Lipinski definition) is 3. The van der Waals surface area contributed by atoms with Crippen LogP contribution in [0.15, 0.2) is 0 Å². The number of carboxylic acid groups (broad SMARTS) is 1. The van der Waals surface area contributed by atoms with Crippen LogP contribution in [-0.4, -0.2) is 34.2 Å². The molecule has 2 atom stereocenters. The van der Waals surface area contributed by atoms with E-state index in [-0.39, 0.29) is 24.5 Å². The number of aliphatic carboxylic acids is 1. The molecule has 116 valence electrons. The molecule has 0 radical (unpaired) electrons. The minimum absolute atomic E-state index is 0.0292. The van der Waals surface area contributed by atoms with Gasteiger partial charge in [0.15, 0.2) is 0 Å². The summed E-state index contributed by atoms with van der Waals surface area (Å²) in [6, 6.07) is -0.0631. The number of carboxylic acids is 1. The summed E-state index contributed by atoms with van der Waals surface area (Å²) in [5.74, 6) is -0.711. The van der Waals surface area contributed by atoms with Crippen molar-refractivity contribution in [1.29, 1.82) is 0 Å². The first kappa shape index (κ1) is 17.0. The Bertz CT molecular complexity index is 306. The topological polar surface area (TPSA) is 86.6 Å². The van der Waals surface area contributed by atoms with E-state index in [0.29, 0.717) is 6.42 Å². The van der Waals surface area contributed by atoms with Gasteiger partial charge in [0.05, 0.1) is 12.1 Å². The van der Waals surface area contributed by atoms with Crippen molar-refractivity contribution < 1.29 is 19.8 Å². The van der Waals surface area contributed by atoms with E-state index in [0.717, 1.165) is 57.8 Å². The molecule has 1 aliphatic rings. The Balaban J connectivity index is 1.98. The van der Waals surface area contributed by atoms with Gasteiger partial charge in [0, 0.05) is 12.8 Å². The molecule has 5 heteroatoms. The van der Waals surface area contributed by atoms with Gasteiger partial charge in [-0.25, -0.2) is 0 Å². The predicted octanol–water partition coefficient (Wildman–Crippen LogP) is 2.22. The smallest absolute Gasteiger partial charge is 0.303 e. The molecule has 1 fully saturated rings. The fourth-order valence-corrected chi connectivity index (χ4v) is 2.65. The van der Waals surface area contributed by atoms with E-state index in [1.54, 1.807) is 0 Å². The zero-order valence-electron chi connectivity index (χ0n) is 12.1. The van der Waals surface area contributed by atoms with E-state index in [2.05, 4.69) is 5.32 Å². The number of carbonyl (C=O) groups is 2. The van der Waals surface area contributed by atoms with Crippen LogP contribution in [0.25, 0.3) is 0 Å². The maximum Gasteiger partial charge on any atom is 0.303 e. The van der Waals surface area contributed by atoms with Crippen molar-refractivity contribution in [3.8, 4) is 0 Å². The Morgan fingerprint density at radius 3 is 2.20 bits per heavy atom. The number of amides is 1. The molecule has 0 aromatic rings. The predicted molar refractivity (Wildman–Crippen MR) is 76.4 cm³/mol. The van der Waals surface area contributed by atoms with E-state index in [1.807, 2.05) is 0 Å². The number of aliphatic hydroxyl groups excluding tert-OH is 1. The molecular weight excluding hydrogens is 258 g/mol. The van der Waals surface area contributed by atoms with Crippen LogP contribution >= 0.6 is 0 Å². The van der Waals surface area contributed by atoms with Gasteiger partial charge in [0.2, 0.25) is 5.91 Å². The SMILES string of the molecule is O=C(O)CCCCCCCC(=O)NC1CCCCC1O. The molecule has 0 heterocycles. The molecule has 2 unspecified atom stereocenters. The van der Waals surface area contributed by atoms with Gasteiger partial charge in [0.25, 0.3) is 0 Å². The zero-order valence-corrected chi connectivity index (χ0v) is 12.1. The molecule has 0 aromatic carbocycles. The third kappa shape index (κ3) is 7.48. The summed E-state index contributed by atoms with van der Waals surface area (Å²) < 4.78 is 0. The third-order valence-corrected chi connectivity index (χ3v) is 3.87. The van der Waals surface area contributed by atoms with Crippen LogP contribution < -0.4 is 5.32 Å². The highest BCUT2D eigenvalue weighted by Crippen LogP contribution is 2.18. The van der Waals surface area contributed by atoms with Gasteiger partial charge in [-0.05, 0) is 25.7 Å². The average Bonchev–Trinajstić information content (AvgIpc) is 2.40. The lowest BCUT2D eigenvalue weighted by Crippen LogP contribution is -2.44. The number of aliphatic hydroxyl groups is 1. The number of unbranched alkanes of at least 4 members (excludes halogenated alkanes) is 4. The van der Waals surface area contributed by atoms with Gasteiger partial charge in [-0.2, -0.15) is 0 Å². The van der Waals surface area contributed by atoms with Gasteiger partial charge >= 0.3 is 5.97 Å². The third-order valence-electron chi connectivity index (χ3n) is 3.87. The molecule has 20 heavy (non-hydrogen) atoms. The molecule has 3 N–H and O–H groups in total. The Morgan fingerprint density at radius 1 is 0.950 bits per heavy atom. The summed E-state index contributed by atoms with van der Waals surface area (Å²) >= 11 is 0. The first-order valence-electron chi connectivity index (χ1n) is 7.79. The van der Waals surface area contributed by atoms with Gasteiger partial charge in [-0.3, -0.25) is 9.59 Å². The molecule has 1 aliphatic carbocycles. The minimum atomic E-state index is -0.740. The summed E-state index contributed by atoms with van der Waals surface area (Å²) in [7, 11) is 0. The van der Waals surface area contributed by atoms with Gasteiger partial charge in [0.1, 0.15) is 0 Å². The Kier molecular flexibility index (Phi) is 8.26. The van der Waals surface area contributed by atoms with Crippen molar-refractivity contribution in [3.05, 3.63) is 0 Å². The van der Waals surface area contributed by atoms with Crippen LogP contribution in [0.1, 0.15) is 70.6 Å². The summed E-state index contributed by atoms with van der Waals surface area (Å²) in [5, 5.41) is 21.2. The average molecular weight is 285 g/mol. The fourth-order valence-electron chi connectivity index (χ4n) is 2.65. The van der Waals surface area contributed by atoms with E-state index >= 15 is 0 Å². The van der Waals surface area contributed by atoms with Crippen LogP contribution in [-0.2, 0) is 9.59 Å². The van der Waals surface area contributed by atoms with E-state index in [9.17, 15) is 14.7 Å². The van der Waals surface area contributed by atoms with E-state index in [4.69, 9.17) is 5.11 Å². The standard InChI is InChI=1S/C15H27NO4/c17-13-9-7-6-8-12(13)16-14(18)10-4-2-1-3-5-11-15(19)20/h12-13,17H,1-11H2,(H,16,18)(H,19,20). The normalized spacial score (nSPS) is 22.4. The van der Waals surface area contributed by atoms with Crippen LogP contribution in [0.5, 0.6) is 0 Å². The Labute approximate surface area is 120 Å². The minimum Gasteiger partial charge on any atom is -0.481 e.